The van der Waals surface area contributed by atoms with Crippen molar-refractivity contribution in [2.75, 3.05) is 19.7 Å². The number of carbonyl (C=O) groups is 1. The van der Waals surface area contributed by atoms with Gasteiger partial charge < -0.3 is 9.64 Å². The first kappa shape index (κ1) is 15.4. The number of H-pyrrole nitrogens is 1. The molecule has 0 spiro atoms. The molecule has 126 valence electrons. The topological polar surface area (TPSA) is 101 Å². The van der Waals surface area contributed by atoms with Crippen molar-refractivity contribution in [2.24, 2.45) is 0 Å². The zero-order valence-electron chi connectivity index (χ0n) is 13.3. The fraction of sp³-hybridized carbons (Fsp3) is 0.235. The number of nitrogens with one attached hydrogen (secondary N) is 1. The number of rotatable bonds is 2. The van der Waals surface area contributed by atoms with Crippen LogP contribution < -0.4 is 5.56 Å². The van der Waals surface area contributed by atoms with Crippen LogP contribution in [-0.4, -0.2) is 50.7 Å². The van der Waals surface area contributed by atoms with Gasteiger partial charge in [0.1, 0.15) is 6.10 Å². The zero-order valence-corrected chi connectivity index (χ0v) is 13.3. The fourth-order valence-corrected chi connectivity index (χ4v) is 2.92. The van der Waals surface area contributed by atoms with E-state index in [4.69, 9.17) is 4.74 Å². The average Bonchev–Trinajstić information content (AvgIpc) is 2.69. The molecule has 3 aromatic rings. The highest BCUT2D eigenvalue weighted by atomic mass is 16.5. The predicted octanol–water partition coefficient (Wildman–Crippen LogP) is 0.927. The number of benzene rings is 1. The number of ether oxygens (including phenoxy) is 1. The minimum absolute atomic E-state index is 0.231. The molecular formula is C17H15N5O3. The monoisotopic (exact) mass is 337 g/mol. The Morgan fingerprint density at radius 2 is 2.08 bits per heavy atom. The first-order chi connectivity index (χ1) is 12.2. The van der Waals surface area contributed by atoms with Crippen molar-refractivity contribution in [1.29, 1.82) is 0 Å². The van der Waals surface area contributed by atoms with E-state index in [0.29, 0.717) is 36.2 Å². The summed E-state index contributed by atoms with van der Waals surface area (Å²) >= 11 is 0. The Morgan fingerprint density at radius 1 is 1.24 bits per heavy atom. The highest BCUT2D eigenvalue weighted by Crippen LogP contribution is 2.22. The Morgan fingerprint density at radius 3 is 2.88 bits per heavy atom. The first-order valence-corrected chi connectivity index (χ1v) is 7.88. The summed E-state index contributed by atoms with van der Waals surface area (Å²) < 4.78 is 5.71. The van der Waals surface area contributed by atoms with Gasteiger partial charge in [0.25, 0.3) is 11.5 Å². The Labute approximate surface area is 142 Å². The number of hydrogen-bond donors (Lipinski definition) is 1. The molecule has 0 radical (unpaired) electrons. The summed E-state index contributed by atoms with van der Waals surface area (Å²) in [6.45, 7) is 1.20. The van der Waals surface area contributed by atoms with E-state index in [0.717, 1.165) is 0 Å². The van der Waals surface area contributed by atoms with E-state index in [-0.39, 0.29) is 23.3 Å². The first-order valence-electron chi connectivity index (χ1n) is 7.88. The van der Waals surface area contributed by atoms with E-state index in [2.05, 4.69) is 20.2 Å². The standard InChI is InChI=1S/C17H15N5O3/c23-16-12-4-2-1-3-11(12)15(20-21-16)17(24)22-7-8-25-14(10-22)13-9-18-5-6-19-13/h1-6,9,14H,7-8,10H2,(H,21,23)/t14-/m0/s1. The molecule has 1 atom stereocenters. The van der Waals surface area contributed by atoms with Crippen molar-refractivity contribution in [3.05, 3.63) is 64.6 Å². The average molecular weight is 337 g/mol. The van der Waals surface area contributed by atoms with Gasteiger partial charge in [0.05, 0.1) is 30.4 Å². The molecule has 0 saturated carbocycles. The summed E-state index contributed by atoms with van der Waals surface area (Å²) in [7, 11) is 0. The number of morpholine rings is 1. The van der Waals surface area contributed by atoms with Crippen LogP contribution in [0.2, 0.25) is 0 Å². The van der Waals surface area contributed by atoms with Crippen molar-refractivity contribution >= 4 is 16.7 Å². The SMILES string of the molecule is O=C(c1n[nH]c(=O)c2ccccc12)N1CCO[C@H](c2cnccn2)C1. The molecular weight excluding hydrogens is 322 g/mol. The fourth-order valence-electron chi connectivity index (χ4n) is 2.92. The molecule has 0 bridgehead atoms. The second-order valence-electron chi connectivity index (χ2n) is 5.69. The molecule has 1 saturated heterocycles. The molecule has 25 heavy (non-hydrogen) atoms. The van der Waals surface area contributed by atoms with Crippen molar-refractivity contribution in [1.82, 2.24) is 25.1 Å². The Balaban J connectivity index is 1.65. The molecule has 0 aliphatic carbocycles. The van der Waals surface area contributed by atoms with Gasteiger partial charge in [-0.2, -0.15) is 5.10 Å². The van der Waals surface area contributed by atoms with Gasteiger partial charge >= 0.3 is 0 Å². The third-order valence-corrected chi connectivity index (χ3v) is 4.17. The lowest BCUT2D eigenvalue weighted by Gasteiger charge is -2.32. The smallest absolute Gasteiger partial charge is 0.275 e. The summed E-state index contributed by atoms with van der Waals surface area (Å²) in [5.41, 5.74) is 0.598. The van der Waals surface area contributed by atoms with Crippen molar-refractivity contribution in [3.8, 4) is 0 Å². The van der Waals surface area contributed by atoms with Crippen LogP contribution in [0.1, 0.15) is 22.3 Å². The Hall–Kier alpha value is -3.13. The van der Waals surface area contributed by atoms with Crippen molar-refractivity contribution in [2.45, 2.75) is 6.10 Å². The quantitative estimate of drug-likeness (QED) is 0.746. The summed E-state index contributed by atoms with van der Waals surface area (Å²) in [5, 5.41) is 7.37. The van der Waals surface area contributed by atoms with Crippen LogP contribution in [-0.2, 0) is 4.74 Å². The van der Waals surface area contributed by atoms with Crippen LogP contribution in [0.3, 0.4) is 0 Å². The summed E-state index contributed by atoms with van der Waals surface area (Å²) in [6.07, 6.45) is 4.48. The molecule has 1 aromatic carbocycles. The zero-order chi connectivity index (χ0) is 17.2. The number of nitrogens with zero attached hydrogens (tertiary/aromatic N) is 4. The molecule has 1 aliphatic heterocycles. The van der Waals surface area contributed by atoms with Crippen LogP contribution in [0.5, 0.6) is 0 Å². The highest BCUT2D eigenvalue weighted by molar-refractivity contribution is 6.04. The lowest BCUT2D eigenvalue weighted by Crippen LogP contribution is -2.43. The van der Waals surface area contributed by atoms with E-state index >= 15 is 0 Å². The normalized spacial score (nSPS) is 17.6. The number of amides is 1. The summed E-state index contributed by atoms with van der Waals surface area (Å²) in [6, 6.07) is 6.94. The predicted molar refractivity (Wildman–Crippen MR) is 89.0 cm³/mol. The van der Waals surface area contributed by atoms with Crippen LogP contribution in [0, 0.1) is 0 Å². The molecule has 8 heteroatoms. The van der Waals surface area contributed by atoms with Gasteiger partial charge in [-0.25, -0.2) is 5.10 Å². The molecule has 1 N–H and O–H groups in total. The maximum atomic E-state index is 13.0. The largest absolute Gasteiger partial charge is 0.368 e. The maximum absolute atomic E-state index is 13.0. The van der Waals surface area contributed by atoms with Crippen LogP contribution >= 0.6 is 0 Å². The molecule has 4 rings (SSSR count). The minimum Gasteiger partial charge on any atom is -0.368 e. The second kappa shape index (κ2) is 6.40. The van der Waals surface area contributed by atoms with Crippen LogP contribution in [0.25, 0.3) is 10.8 Å². The van der Waals surface area contributed by atoms with E-state index in [1.165, 1.54) is 0 Å². The number of hydrogen-bond acceptors (Lipinski definition) is 6. The number of fused-ring (bicyclic) bond motifs is 1. The van der Waals surface area contributed by atoms with Crippen LogP contribution in [0.4, 0.5) is 0 Å². The second-order valence-corrected chi connectivity index (χ2v) is 5.69. The maximum Gasteiger partial charge on any atom is 0.275 e. The number of aromatic amines is 1. The molecule has 1 aliphatic rings. The third-order valence-electron chi connectivity index (χ3n) is 4.17. The highest BCUT2D eigenvalue weighted by Gasteiger charge is 2.28. The summed E-state index contributed by atoms with van der Waals surface area (Å²) in [4.78, 5) is 34.8. The van der Waals surface area contributed by atoms with Gasteiger partial charge in [-0.1, -0.05) is 18.2 Å². The molecule has 1 amide bonds. The molecule has 2 aromatic heterocycles. The third kappa shape index (κ3) is 2.87. The van der Waals surface area contributed by atoms with E-state index < -0.39 is 0 Å². The van der Waals surface area contributed by atoms with Gasteiger partial charge in [-0.05, 0) is 6.07 Å². The minimum atomic E-state index is -0.333. The number of aromatic nitrogens is 4. The van der Waals surface area contributed by atoms with Gasteiger partial charge in [-0.15, -0.1) is 0 Å². The van der Waals surface area contributed by atoms with Crippen molar-refractivity contribution < 1.29 is 9.53 Å². The van der Waals surface area contributed by atoms with Gasteiger partial charge in [0.15, 0.2) is 5.69 Å². The van der Waals surface area contributed by atoms with E-state index in [9.17, 15) is 9.59 Å². The lowest BCUT2D eigenvalue weighted by atomic mass is 10.1. The lowest BCUT2D eigenvalue weighted by molar-refractivity contribution is -0.0250. The van der Waals surface area contributed by atoms with Crippen molar-refractivity contribution in [3.63, 3.8) is 0 Å². The summed E-state index contributed by atoms with van der Waals surface area (Å²) in [5.74, 6) is -0.246. The van der Waals surface area contributed by atoms with Crippen LogP contribution in [0.15, 0.2) is 47.7 Å². The Bertz CT molecular complexity index is 973. The molecule has 0 unspecified atom stereocenters. The Kier molecular flexibility index (Phi) is 3.95. The van der Waals surface area contributed by atoms with Gasteiger partial charge in [-0.3, -0.25) is 19.6 Å². The van der Waals surface area contributed by atoms with E-state index in [1.807, 2.05) is 0 Å². The van der Waals surface area contributed by atoms with E-state index in [1.54, 1.807) is 47.8 Å². The van der Waals surface area contributed by atoms with Gasteiger partial charge in [0, 0.05) is 24.3 Å². The molecule has 3 heterocycles. The molecule has 1 fully saturated rings. The van der Waals surface area contributed by atoms with Gasteiger partial charge in [0.2, 0.25) is 0 Å². The molecule has 8 nitrogen and oxygen atoms in total. The number of carbonyl (C=O) groups excluding carboxylic acids is 1.